The lowest BCUT2D eigenvalue weighted by Gasteiger charge is -2.13. The van der Waals surface area contributed by atoms with Crippen LogP contribution in [0.5, 0.6) is 0 Å². The molecule has 1 aromatic carbocycles. The Morgan fingerprint density at radius 1 is 1.35 bits per heavy atom. The summed E-state index contributed by atoms with van der Waals surface area (Å²) in [5.41, 5.74) is 2.30. The summed E-state index contributed by atoms with van der Waals surface area (Å²) in [5.74, 6) is 0. The Morgan fingerprint density at radius 2 is 2.18 bits per heavy atom. The van der Waals surface area contributed by atoms with Gasteiger partial charge in [0.1, 0.15) is 0 Å². The van der Waals surface area contributed by atoms with E-state index in [1.54, 1.807) is 0 Å². The maximum Gasteiger partial charge on any atom is 0.0958 e. The lowest BCUT2D eigenvalue weighted by atomic mass is 10.2. The van der Waals surface area contributed by atoms with Crippen LogP contribution in [0.1, 0.15) is 26.7 Å². The van der Waals surface area contributed by atoms with E-state index in [0.29, 0.717) is 6.04 Å². The van der Waals surface area contributed by atoms with Gasteiger partial charge in [-0.05, 0) is 25.5 Å². The van der Waals surface area contributed by atoms with Crippen molar-refractivity contribution in [2.24, 2.45) is 0 Å². The van der Waals surface area contributed by atoms with Crippen molar-refractivity contribution in [2.75, 3.05) is 6.54 Å². The monoisotopic (exact) mass is 231 g/mol. The molecule has 1 heterocycles. The second kappa shape index (κ2) is 5.82. The van der Waals surface area contributed by atoms with Crippen LogP contribution < -0.4 is 5.32 Å². The van der Waals surface area contributed by atoms with Crippen LogP contribution in [0.2, 0.25) is 0 Å². The fraction of sp³-hybridized carbons (Fsp3) is 0.500. The predicted molar refractivity (Wildman–Crippen MR) is 72.1 cm³/mol. The molecule has 0 bridgehead atoms. The third kappa shape index (κ3) is 3.07. The standard InChI is InChI=1S/C14H21N3/c1-3-6-12(2)15-9-10-17-11-16-13-7-4-5-8-14(13)17/h4-5,7-8,11-12,15H,3,6,9-10H2,1-2H3. The molecule has 1 unspecified atom stereocenters. The second-order valence-corrected chi connectivity index (χ2v) is 4.57. The SMILES string of the molecule is CCCC(C)NCCn1cnc2ccccc21. The van der Waals surface area contributed by atoms with Crippen molar-refractivity contribution in [2.45, 2.75) is 39.3 Å². The number of rotatable bonds is 6. The lowest BCUT2D eigenvalue weighted by Crippen LogP contribution is -2.29. The fourth-order valence-corrected chi connectivity index (χ4v) is 2.15. The van der Waals surface area contributed by atoms with Crippen molar-refractivity contribution in [1.29, 1.82) is 0 Å². The average molecular weight is 231 g/mol. The minimum Gasteiger partial charge on any atom is -0.329 e. The Labute approximate surface area is 103 Å². The topological polar surface area (TPSA) is 29.9 Å². The number of imidazole rings is 1. The van der Waals surface area contributed by atoms with E-state index in [0.717, 1.165) is 18.6 Å². The number of nitrogens with one attached hydrogen (secondary N) is 1. The lowest BCUT2D eigenvalue weighted by molar-refractivity contribution is 0.489. The van der Waals surface area contributed by atoms with E-state index in [4.69, 9.17) is 0 Å². The van der Waals surface area contributed by atoms with Crippen LogP contribution in [0.4, 0.5) is 0 Å². The highest BCUT2D eigenvalue weighted by molar-refractivity contribution is 5.74. The second-order valence-electron chi connectivity index (χ2n) is 4.57. The third-order valence-electron chi connectivity index (χ3n) is 3.09. The zero-order chi connectivity index (χ0) is 12.1. The molecule has 1 aromatic heterocycles. The molecule has 1 atom stereocenters. The molecule has 17 heavy (non-hydrogen) atoms. The molecular formula is C14H21N3. The van der Waals surface area contributed by atoms with Gasteiger partial charge in [0.15, 0.2) is 0 Å². The number of benzene rings is 1. The zero-order valence-electron chi connectivity index (χ0n) is 10.7. The van der Waals surface area contributed by atoms with Gasteiger partial charge in [0.2, 0.25) is 0 Å². The van der Waals surface area contributed by atoms with Gasteiger partial charge >= 0.3 is 0 Å². The Kier molecular flexibility index (Phi) is 4.15. The van der Waals surface area contributed by atoms with Crippen LogP contribution in [-0.4, -0.2) is 22.1 Å². The minimum atomic E-state index is 0.606. The quantitative estimate of drug-likeness (QED) is 0.828. The maximum absolute atomic E-state index is 4.39. The van der Waals surface area contributed by atoms with Crippen molar-refractivity contribution < 1.29 is 0 Å². The summed E-state index contributed by atoms with van der Waals surface area (Å²) in [5, 5.41) is 3.54. The fourth-order valence-electron chi connectivity index (χ4n) is 2.15. The number of para-hydroxylation sites is 2. The number of fused-ring (bicyclic) bond motifs is 1. The molecule has 3 nitrogen and oxygen atoms in total. The Morgan fingerprint density at radius 3 is 3.00 bits per heavy atom. The highest BCUT2D eigenvalue weighted by Crippen LogP contribution is 2.11. The number of nitrogens with zero attached hydrogens (tertiary/aromatic N) is 2. The maximum atomic E-state index is 4.39. The Hall–Kier alpha value is -1.35. The molecular weight excluding hydrogens is 210 g/mol. The molecule has 1 N–H and O–H groups in total. The average Bonchev–Trinajstić information content (AvgIpc) is 2.73. The molecule has 0 radical (unpaired) electrons. The molecule has 2 rings (SSSR count). The van der Waals surface area contributed by atoms with E-state index < -0.39 is 0 Å². The van der Waals surface area contributed by atoms with Crippen molar-refractivity contribution >= 4 is 11.0 Å². The van der Waals surface area contributed by atoms with E-state index in [1.165, 1.54) is 18.4 Å². The van der Waals surface area contributed by atoms with Gasteiger partial charge in [-0.25, -0.2) is 4.98 Å². The summed E-state index contributed by atoms with van der Waals surface area (Å²) in [6.07, 6.45) is 4.41. The zero-order valence-corrected chi connectivity index (χ0v) is 10.7. The van der Waals surface area contributed by atoms with Gasteiger partial charge in [-0.3, -0.25) is 0 Å². The molecule has 0 spiro atoms. The van der Waals surface area contributed by atoms with Crippen molar-refractivity contribution in [1.82, 2.24) is 14.9 Å². The van der Waals surface area contributed by atoms with Crippen LogP contribution in [0.3, 0.4) is 0 Å². The van der Waals surface area contributed by atoms with Crippen LogP contribution in [0, 0.1) is 0 Å². The van der Waals surface area contributed by atoms with Gasteiger partial charge in [0, 0.05) is 19.1 Å². The van der Waals surface area contributed by atoms with Crippen LogP contribution in [-0.2, 0) is 6.54 Å². The molecule has 0 saturated heterocycles. The predicted octanol–water partition coefficient (Wildman–Crippen LogP) is 2.81. The summed E-state index contributed by atoms with van der Waals surface area (Å²) < 4.78 is 2.21. The molecule has 0 saturated carbocycles. The molecule has 2 aromatic rings. The van der Waals surface area contributed by atoms with E-state index in [2.05, 4.69) is 46.9 Å². The Bertz CT molecular complexity index is 461. The van der Waals surface area contributed by atoms with Gasteiger partial charge in [-0.2, -0.15) is 0 Å². The molecule has 0 aliphatic heterocycles. The number of hydrogen-bond acceptors (Lipinski definition) is 2. The summed E-state index contributed by atoms with van der Waals surface area (Å²) in [6.45, 7) is 6.45. The highest BCUT2D eigenvalue weighted by atomic mass is 15.1. The van der Waals surface area contributed by atoms with E-state index in [-0.39, 0.29) is 0 Å². The third-order valence-corrected chi connectivity index (χ3v) is 3.09. The minimum absolute atomic E-state index is 0.606. The van der Waals surface area contributed by atoms with E-state index in [1.807, 2.05) is 12.4 Å². The van der Waals surface area contributed by atoms with Gasteiger partial charge in [-0.15, -0.1) is 0 Å². The van der Waals surface area contributed by atoms with Crippen molar-refractivity contribution in [3.05, 3.63) is 30.6 Å². The molecule has 0 aliphatic carbocycles. The van der Waals surface area contributed by atoms with Gasteiger partial charge in [-0.1, -0.05) is 25.5 Å². The molecule has 0 amide bonds. The smallest absolute Gasteiger partial charge is 0.0958 e. The van der Waals surface area contributed by atoms with Crippen LogP contribution >= 0.6 is 0 Å². The number of hydrogen-bond donors (Lipinski definition) is 1. The summed E-state index contributed by atoms with van der Waals surface area (Å²) in [4.78, 5) is 4.39. The summed E-state index contributed by atoms with van der Waals surface area (Å²) in [6, 6.07) is 8.88. The Balaban J connectivity index is 1.91. The summed E-state index contributed by atoms with van der Waals surface area (Å²) in [7, 11) is 0. The van der Waals surface area contributed by atoms with E-state index >= 15 is 0 Å². The number of aromatic nitrogens is 2. The molecule has 3 heteroatoms. The first-order valence-electron chi connectivity index (χ1n) is 6.44. The highest BCUT2D eigenvalue weighted by Gasteiger charge is 2.02. The van der Waals surface area contributed by atoms with Crippen LogP contribution in [0.15, 0.2) is 30.6 Å². The van der Waals surface area contributed by atoms with Gasteiger partial charge in [0.05, 0.1) is 17.4 Å². The van der Waals surface area contributed by atoms with Crippen molar-refractivity contribution in [3.8, 4) is 0 Å². The van der Waals surface area contributed by atoms with Crippen LogP contribution in [0.25, 0.3) is 11.0 Å². The normalized spacial score (nSPS) is 13.1. The van der Waals surface area contributed by atoms with E-state index in [9.17, 15) is 0 Å². The molecule has 92 valence electrons. The first-order valence-corrected chi connectivity index (χ1v) is 6.44. The largest absolute Gasteiger partial charge is 0.329 e. The molecule has 0 aliphatic rings. The first kappa shape index (κ1) is 12.1. The summed E-state index contributed by atoms with van der Waals surface area (Å²) >= 11 is 0. The molecule has 0 fully saturated rings. The van der Waals surface area contributed by atoms with Gasteiger partial charge in [0.25, 0.3) is 0 Å². The first-order chi connectivity index (χ1) is 8.31. The van der Waals surface area contributed by atoms with Gasteiger partial charge < -0.3 is 9.88 Å². The van der Waals surface area contributed by atoms with Crippen molar-refractivity contribution in [3.63, 3.8) is 0 Å².